The molecule has 10 heteroatoms. The largest absolute Gasteiger partial charge is 0.494 e. The van der Waals surface area contributed by atoms with E-state index in [9.17, 15) is 18.0 Å². The summed E-state index contributed by atoms with van der Waals surface area (Å²) in [6, 6.07) is 12.4. The number of rotatable bonds is 7. The Labute approximate surface area is 188 Å². The van der Waals surface area contributed by atoms with Crippen molar-refractivity contribution in [2.24, 2.45) is 0 Å². The Bertz CT molecular complexity index is 1030. The minimum atomic E-state index is -3.80. The highest BCUT2D eigenvalue weighted by Crippen LogP contribution is 2.20. The molecule has 0 aliphatic carbocycles. The zero-order valence-corrected chi connectivity index (χ0v) is 18.9. The standard InChI is InChI=1S/C22H27N3O6S/c1-3-30-19-9-7-18(8-10-19)23-32(28,29)20-11-5-17(6-12-20)21(26)24-13-15-25(16-14-24)22(27)31-4-2/h5-12,23H,3-4,13-16H2,1-2H3. The highest BCUT2D eigenvalue weighted by atomic mass is 32.2. The third-order valence-corrected chi connectivity index (χ3v) is 6.32. The van der Waals surface area contributed by atoms with Crippen molar-refractivity contribution in [1.29, 1.82) is 0 Å². The number of hydrogen-bond donors (Lipinski definition) is 1. The van der Waals surface area contributed by atoms with Crippen LogP contribution in [0.3, 0.4) is 0 Å². The third kappa shape index (κ3) is 5.70. The van der Waals surface area contributed by atoms with Gasteiger partial charge in [-0.05, 0) is 62.4 Å². The lowest BCUT2D eigenvalue weighted by Crippen LogP contribution is -2.50. The van der Waals surface area contributed by atoms with Crippen molar-refractivity contribution in [2.45, 2.75) is 18.7 Å². The highest BCUT2D eigenvalue weighted by Gasteiger charge is 2.26. The molecule has 3 rings (SSSR count). The number of carbonyl (C=O) groups is 2. The normalized spacial score (nSPS) is 14.1. The Hall–Kier alpha value is -3.27. The summed E-state index contributed by atoms with van der Waals surface area (Å²) in [5.74, 6) is 0.443. The lowest BCUT2D eigenvalue weighted by Gasteiger charge is -2.34. The molecule has 9 nitrogen and oxygen atoms in total. The molecule has 0 spiro atoms. The first kappa shape index (κ1) is 23.4. The van der Waals surface area contributed by atoms with Gasteiger partial charge in [-0.2, -0.15) is 0 Å². The van der Waals surface area contributed by atoms with E-state index in [1.165, 1.54) is 24.3 Å². The van der Waals surface area contributed by atoms with Crippen molar-refractivity contribution in [3.05, 3.63) is 54.1 Å². The smallest absolute Gasteiger partial charge is 0.409 e. The van der Waals surface area contributed by atoms with Gasteiger partial charge in [0.15, 0.2) is 0 Å². The molecular formula is C22H27N3O6S. The fourth-order valence-corrected chi connectivity index (χ4v) is 4.32. The molecule has 0 atom stereocenters. The quantitative estimate of drug-likeness (QED) is 0.680. The molecule has 1 heterocycles. The predicted molar refractivity (Wildman–Crippen MR) is 119 cm³/mol. The maximum atomic E-state index is 12.8. The lowest BCUT2D eigenvalue weighted by atomic mass is 10.2. The van der Waals surface area contributed by atoms with E-state index >= 15 is 0 Å². The zero-order valence-electron chi connectivity index (χ0n) is 18.1. The highest BCUT2D eigenvalue weighted by molar-refractivity contribution is 7.92. The van der Waals surface area contributed by atoms with E-state index in [4.69, 9.17) is 9.47 Å². The number of carbonyl (C=O) groups excluding carboxylic acids is 2. The van der Waals surface area contributed by atoms with E-state index < -0.39 is 10.0 Å². The van der Waals surface area contributed by atoms with Gasteiger partial charge in [-0.15, -0.1) is 0 Å². The van der Waals surface area contributed by atoms with Crippen LogP contribution < -0.4 is 9.46 Å². The molecule has 1 aliphatic heterocycles. The number of piperazine rings is 1. The molecule has 32 heavy (non-hydrogen) atoms. The number of anilines is 1. The average Bonchev–Trinajstić information content (AvgIpc) is 2.80. The number of ether oxygens (including phenoxy) is 2. The van der Waals surface area contributed by atoms with E-state index in [0.29, 0.717) is 56.4 Å². The molecule has 1 N–H and O–H groups in total. The van der Waals surface area contributed by atoms with Gasteiger partial charge in [0.1, 0.15) is 5.75 Å². The van der Waals surface area contributed by atoms with Crippen LogP contribution in [-0.4, -0.2) is 69.6 Å². The van der Waals surface area contributed by atoms with Gasteiger partial charge in [-0.3, -0.25) is 9.52 Å². The van der Waals surface area contributed by atoms with Crippen molar-refractivity contribution in [3.63, 3.8) is 0 Å². The van der Waals surface area contributed by atoms with Crippen LogP contribution in [0.2, 0.25) is 0 Å². The summed E-state index contributed by atoms with van der Waals surface area (Å²) >= 11 is 0. The summed E-state index contributed by atoms with van der Waals surface area (Å²) in [4.78, 5) is 27.8. The van der Waals surface area contributed by atoms with Crippen LogP contribution in [-0.2, 0) is 14.8 Å². The maximum absolute atomic E-state index is 12.8. The zero-order chi connectivity index (χ0) is 23.1. The van der Waals surface area contributed by atoms with Crippen LogP contribution in [0.1, 0.15) is 24.2 Å². The predicted octanol–water partition coefficient (Wildman–Crippen LogP) is 2.80. The first-order valence-corrected chi connectivity index (χ1v) is 11.9. The molecule has 2 amide bonds. The first-order valence-electron chi connectivity index (χ1n) is 10.4. The van der Waals surface area contributed by atoms with Crippen LogP contribution in [0.5, 0.6) is 5.75 Å². The van der Waals surface area contributed by atoms with Gasteiger partial charge in [-0.1, -0.05) is 0 Å². The summed E-state index contributed by atoms with van der Waals surface area (Å²) in [5.41, 5.74) is 0.794. The summed E-state index contributed by atoms with van der Waals surface area (Å²) in [5, 5.41) is 0. The van der Waals surface area contributed by atoms with Gasteiger partial charge in [0, 0.05) is 37.4 Å². The number of nitrogens with zero attached hydrogens (tertiary/aromatic N) is 2. The molecule has 1 saturated heterocycles. The van der Waals surface area contributed by atoms with Gasteiger partial charge in [0.25, 0.3) is 15.9 Å². The van der Waals surface area contributed by atoms with Crippen LogP contribution in [0, 0.1) is 0 Å². The fourth-order valence-electron chi connectivity index (χ4n) is 3.27. The van der Waals surface area contributed by atoms with E-state index in [2.05, 4.69) is 4.72 Å². The lowest BCUT2D eigenvalue weighted by molar-refractivity contribution is 0.0570. The van der Waals surface area contributed by atoms with Crippen LogP contribution in [0.4, 0.5) is 10.5 Å². The van der Waals surface area contributed by atoms with Crippen LogP contribution in [0.15, 0.2) is 53.4 Å². The Morgan fingerprint density at radius 2 is 1.47 bits per heavy atom. The van der Waals surface area contributed by atoms with Gasteiger partial charge < -0.3 is 19.3 Å². The number of nitrogens with one attached hydrogen (secondary N) is 1. The first-order chi connectivity index (χ1) is 15.3. The Kier molecular flexibility index (Phi) is 7.57. The molecule has 2 aromatic rings. The summed E-state index contributed by atoms with van der Waals surface area (Å²) in [6.45, 7) is 6.00. The Morgan fingerprint density at radius 1 is 0.875 bits per heavy atom. The van der Waals surface area contributed by atoms with Crippen LogP contribution >= 0.6 is 0 Å². The van der Waals surface area contributed by atoms with Crippen molar-refractivity contribution in [3.8, 4) is 5.75 Å². The number of hydrogen-bond acceptors (Lipinski definition) is 6. The van der Waals surface area contributed by atoms with Gasteiger partial charge in [0.2, 0.25) is 0 Å². The van der Waals surface area contributed by atoms with Gasteiger partial charge in [-0.25, -0.2) is 13.2 Å². The second-order valence-corrected chi connectivity index (χ2v) is 8.75. The summed E-state index contributed by atoms with van der Waals surface area (Å²) in [7, 11) is -3.80. The number of benzene rings is 2. The molecule has 172 valence electrons. The van der Waals surface area contributed by atoms with E-state index in [1.54, 1.807) is 41.0 Å². The number of sulfonamides is 1. The SMILES string of the molecule is CCOC(=O)N1CCN(C(=O)c2ccc(S(=O)(=O)Nc3ccc(OCC)cc3)cc2)CC1. The molecule has 0 aromatic heterocycles. The van der Waals surface area contributed by atoms with Crippen molar-refractivity contribution < 1.29 is 27.5 Å². The van der Waals surface area contributed by atoms with Crippen molar-refractivity contribution in [2.75, 3.05) is 44.1 Å². The van der Waals surface area contributed by atoms with Crippen molar-refractivity contribution >= 4 is 27.7 Å². The average molecular weight is 462 g/mol. The fraction of sp³-hybridized carbons (Fsp3) is 0.364. The van der Waals surface area contributed by atoms with Gasteiger partial charge in [0.05, 0.1) is 18.1 Å². The molecule has 0 unspecified atom stereocenters. The monoisotopic (exact) mass is 461 g/mol. The third-order valence-electron chi connectivity index (χ3n) is 4.92. The Morgan fingerprint density at radius 3 is 2.03 bits per heavy atom. The minimum Gasteiger partial charge on any atom is -0.494 e. The molecule has 1 fully saturated rings. The second-order valence-electron chi connectivity index (χ2n) is 7.07. The summed E-state index contributed by atoms with van der Waals surface area (Å²) < 4.78 is 38.2. The maximum Gasteiger partial charge on any atom is 0.409 e. The minimum absolute atomic E-state index is 0.0510. The van der Waals surface area contributed by atoms with E-state index in [-0.39, 0.29) is 16.9 Å². The molecule has 0 bridgehead atoms. The Balaban J connectivity index is 1.61. The molecule has 0 saturated carbocycles. The van der Waals surface area contributed by atoms with Crippen LogP contribution in [0.25, 0.3) is 0 Å². The molecule has 2 aromatic carbocycles. The summed E-state index contributed by atoms with van der Waals surface area (Å²) in [6.07, 6.45) is -0.380. The second kappa shape index (κ2) is 10.4. The molecule has 1 aliphatic rings. The van der Waals surface area contributed by atoms with Crippen molar-refractivity contribution in [1.82, 2.24) is 9.80 Å². The molecular weight excluding hydrogens is 434 g/mol. The van der Waals surface area contributed by atoms with E-state index in [0.717, 1.165) is 0 Å². The van der Waals surface area contributed by atoms with E-state index in [1.807, 2.05) is 6.92 Å². The molecule has 0 radical (unpaired) electrons. The topological polar surface area (TPSA) is 105 Å². The van der Waals surface area contributed by atoms with Gasteiger partial charge >= 0.3 is 6.09 Å². The number of amides is 2.